The molecule has 3 N–H and O–H groups in total. The molecule has 3 aromatic rings. The Morgan fingerprint density at radius 1 is 1.04 bits per heavy atom. The molecule has 0 radical (unpaired) electrons. The largest absolute Gasteiger partial charge is 0.464 e. The van der Waals surface area contributed by atoms with E-state index in [1.54, 1.807) is 18.4 Å². The van der Waals surface area contributed by atoms with Gasteiger partial charge in [0.1, 0.15) is 11.2 Å². The van der Waals surface area contributed by atoms with E-state index in [0.29, 0.717) is 5.58 Å². The highest BCUT2D eigenvalue weighted by molar-refractivity contribution is 5.94. The molecule has 5 heteroatoms. The Morgan fingerprint density at radius 2 is 1.91 bits per heavy atom. The molecule has 0 saturated heterocycles. The van der Waals surface area contributed by atoms with Crippen LogP contribution in [-0.2, 0) is 6.54 Å². The summed E-state index contributed by atoms with van der Waals surface area (Å²) in [5.74, 6) is 0. The highest BCUT2D eigenvalue weighted by Crippen LogP contribution is 2.26. The minimum atomic E-state index is -0.347. The third-order valence-electron chi connectivity index (χ3n) is 4.02. The summed E-state index contributed by atoms with van der Waals surface area (Å²) in [7, 11) is 0. The molecule has 0 spiro atoms. The topological polar surface area (TPSA) is 81.4 Å². The molecule has 0 aliphatic rings. The fourth-order valence-electron chi connectivity index (χ4n) is 2.75. The van der Waals surface area contributed by atoms with E-state index in [-0.39, 0.29) is 5.63 Å². The summed E-state index contributed by atoms with van der Waals surface area (Å²) in [4.78, 5) is 11.3. The highest BCUT2D eigenvalue weighted by atomic mass is 16.4. The number of hydrogen-bond acceptors (Lipinski definition) is 5. The summed E-state index contributed by atoms with van der Waals surface area (Å²) in [5.41, 5.74) is 7.55. The van der Waals surface area contributed by atoms with Crippen LogP contribution >= 0.6 is 0 Å². The Hall–Kier alpha value is -2.11. The van der Waals surface area contributed by atoms with Gasteiger partial charge in [0.05, 0.1) is 6.26 Å². The van der Waals surface area contributed by atoms with Gasteiger partial charge in [-0.25, -0.2) is 4.79 Å². The van der Waals surface area contributed by atoms with E-state index < -0.39 is 0 Å². The molecule has 0 aliphatic heterocycles. The van der Waals surface area contributed by atoms with Crippen LogP contribution in [0.2, 0.25) is 0 Å². The van der Waals surface area contributed by atoms with Crippen LogP contribution in [0.4, 0.5) is 0 Å². The molecular formula is C18H22N2O3. The summed E-state index contributed by atoms with van der Waals surface area (Å²) in [6.07, 6.45) is 6.44. The summed E-state index contributed by atoms with van der Waals surface area (Å²) < 4.78 is 10.8. The number of nitrogens with one attached hydrogen (secondary N) is 1. The Balaban J connectivity index is 1.65. The first-order chi connectivity index (χ1) is 11.3. The zero-order chi connectivity index (χ0) is 16.1. The predicted octanol–water partition coefficient (Wildman–Crippen LogP) is 3.15. The maximum absolute atomic E-state index is 11.3. The molecule has 0 amide bonds. The van der Waals surface area contributed by atoms with Crippen LogP contribution in [0.3, 0.4) is 0 Å². The lowest BCUT2D eigenvalue weighted by Crippen LogP contribution is -2.14. The fraction of sp³-hybridized carbons (Fsp3) is 0.389. The van der Waals surface area contributed by atoms with Crippen molar-refractivity contribution in [1.29, 1.82) is 0 Å². The summed E-state index contributed by atoms with van der Waals surface area (Å²) in [6.45, 7) is 2.54. The van der Waals surface area contributed by atoms with Gasteiger partial charge in [-0.2, -0.15) is 0 Å². The molecule has 1 aromatic carbocycles. The van der Waals surface area contributed by atoms with Crippen molar-refractivity contribution in [2.75, 3.05) is 13.1 Å². The van der Waals surface area contributed by atoms with Crippen LogP contribution in [0.25, 0.3) is 21.9 Å². The predicted molar refractivity (Wildman–Crippen MR) is 91.5 cm³/mol. The van der Waals surface area contributed by atoms with Gasteiger partial charge in [0.2, 0.25) is 0 Å². The number of fused-ring (bicyclic) bond motifs is 2. The van der Waals surface area contributed by atoms with Crippen molar-refractivity contribution >= 4 is 21.9 Å². The minimum absolute atomic E-state index is 0.347. The standard InChI is InChI=1S/C18H22N2O3/c19-7-3-1-2-4-8-20-11-14-12-22-17-10-16-13(9-15(14)17)5-6-18(21)23-16/h5-6,9-10,12,20H,1-4,7-8,11,19H2. The van der Waals surface area contributed by atoms with E-state index >= 15 is 0 Å². The van der Waals surface area contributed by atoms with Crippen LogP contribution in [0.1, 0.15) is 31.2 Å². The van der Waals surface area contributed by atoms with Crippen LogP contribution in [0, 0.1) is 0 Å². The molecular weight excluding hydrogens is 292 g/mol. The average Bonchev–Trinajstić information content (AvgIpc) is 2.94. The van der Waals surface area contributed by atoms with Crippen molar-refractivity contribution in [2.24, 2.45) is 5.73 Å². The lowest BCUT2D eigenvalue weighted by molar-refractivity contribution is 0.558. The van der Waals surface area contributed by atoms with E-state index in [0.717, 1.165) is 54.4 Å². The Morgan fingerprint density at radius 3 is 2.78 bits per heavy atom. The van der Waals surface area contributed by atoms with Crippen molar-refractivity contribution in [1.82, 2.24) is 5.32 Å². The van der Waals surface area contributed by atoms with Gasteiger partial charge in [0, 0.05) is 35.0 Å². The Bertz CT molecular complexity index is 835. The molecule has 0 bridgehead atoms. The molecule has 2 aromatic heterocycles. The number of furan rings is 1. The number of hydrogen-bond donors (Lipinski definition) is 2. The van der Waals surface area contributed by atoms with Crippen molar-refractivity contribution in [3.05, 3.63) is 46.5 Å². The minimum Gasteiger partial charge on any atom is -0.464 e. The molecule has 0 unspecified atom stereocenters. The molecule has 23 heavy (non-hydrogen) atoms. The Kier molecular flexibility index (Phi) is 5.10. The molecule has 122 valence electrons. The zero-order valence-electron chi connectivity index (χ0n) is 13.1. The number of benzene rings is 1. The normalized spacial score (nSPS) is 11.5. The molecule has 0 fully saturated rings. The number of unbranched alkanes of at least 4 members (excludes halogenated alkanes) is 3. The van der Waals surface area contributed by atoms with Gasteiger partial charge in [-0.15, -0.1) is 0 Å². The first-order valence-electron chi connectivity index (χ1n) is 8.13. The quantitative estimate of drug-likeness (QED) is 0.493. The van der Waals surface area contributed by atoms with Crippen molar-refractivity contribution in [2.45, 2.75) is 32.2 Å². The van der Waals surface area contributed by atoms with E-state index in [9.17, 15) is 4.79 Å². The van der Waals surface area contributed by atoms with Crippen molar-refractivity contribution in [3.63, 3.8) is 0 Å². The monoisotopic (exact) mass is 314 g/mol. The van der Waals surface area contributed by atoms with Gasteiger partial charge >= 0.3 is 5.63 Å². The van der Waals surface area contributed by atoms with Crippen LogP contribution in [-0.4, -0.2) is 13.1 Å². The molecule has 0 saturated carbocycles. The summed E-state index contributed by atoms with van der Waals surface area (Å²) >= 11 is 0. The van der Waals surface area contributed by atoms with E-state index in [1.165, 1.54) is 18.9 Å². The smallest absolute Gasteiger partial charge is 0.336 e. The molecule has 0 aliphatic carbocycles. The second-order valence-corrected chi connectivity index (χ2v) is 5.78. The van der Waals surface area contributed by atoms with Crippen LogP contribution in [0.15, 0.2) is 44.2 Å². The second-order valence-electron chi connectivity index (χ2n) is 5.78. The van der Waals surface area contributed by atoms with Crippen molar-refractivity contribution < 1.29 is 8.83 Å². The molecule has 3 rings (SSSR count). The lowest BCUT2D eigenvalue weighted by Gasteiger charge is -2.04. The highest BCUT2D eigenvalue weighted by Gasteiger charge is 2.08. The van der Waals surface area contributed by atoms with Gasteiger partial charge in [0.15, 0.2) is 0 Å². The van der Waals surface area contributed by atoms with Gasteiger partial charge in [-0.1, -0.05) is 12.8 Å². The van der Waals surface area contributed by atoms with E-state index in [1.807, 2.05) is 6.07 Å². The second kappa shape index (κ2) is 7.44. The van der Waals surface area contributed by atoms with E-state index in [4.69, 9.17) is 14.6 Å². The summed E-state index contributed by atoms with van der Waals surface area (Å²) in [5, 5.41) is 5.41. The maximum Gasteiger partial charge on any atom is 0.336 e. The van der Waals surface area contributed by atoms with Gasteiger partial charge in [-0.3, -0.25) is 0 Å². The van der Waals surface area contributed by atoms with Gasteiger partial charge < -0.3 is 19.9 Å². The van der Waals surface area contributed by atoms with Gasteiger partial charge in [-0.05, 0) is 38.1 Å². The van der Waals surface area contributed by atoms with Crippen molar-refractivity contribution in [3.8, 4) is 0 Å². The van der Waals surface area contributed by atoms with E-state index in [2.05, 4.69) is 5.32 Å². The molecule has 0 atom stereocenters. The molecule has 5 nitrogen and oxygen atoms in total. The first kappa shape index (κ1) is 15.8. The lowest BCUT2D eigenvalue weighted by atomic mass is 10.1. The average molecular weight is 314 g/mol. The molecule has 2 heterocycles. The third kappa shape index (κ3) is 3.81. The third-order valence-corrected chi connectivity index (χ3v) is 4.02. The Labute approximate surface area is 134 Å². The van der Waals surface area contributed by atoms with Crippen LogP contribution < -0.4 is 16.7 Å². The number of nitrogens with two attached hydrogens (primary N) is 1. The number of rotatable bonds is 8. The van der Waals surface area contributed by atoms with Crippen LogP contribution in [0.5, 0.6) is 0 Å². The summed E-state index contributed by atoms with van der Waals surface area (Å²) in [6, 6.07) is 7.01. The zero-order valence-corrected chi connectivity index (χ0v) is 13.1. The first-order valence-corrected chi connectivity index (χ1v) is 8.13. The maximum atomic E-state index is 11.3. The van der Waals surface area contributed by atoms with Gasteiger partial charge in [0.25, 0.3) is 0 Å². The SMILES string of the molecule is NCCCCCCNCc1coc2cc3oc(=O)ccc3cc12. The fourth-order valence-corrected chi connectivity index (χ4v) is 2.75.